The molecule has 2 heterocycles. The van der Waals surface area contributed by atoms with Crippen LogP contribution in [0.25, 0.3) is 22.7 Å². The van der Waals surface area contributed by atoms with E-state index in [0.717, 1.165) is 11.0 Å². The van der Waals surface area contributed by atoms with Crippen molar-refractivity contribution in [2.24, 2.45) is 7.05 Å². The second-order valence-electron chi connectivity index (χ2n) is 4.17. The molecule has 0 aliphatic carbocycles. The summed E-state index contributed by atoms with van der Waals surface area (Å²) in [4.78, 5) is 4.49. The number of furan rings is 1. The number of benzene rings is 1. The molecule has 0 saturated carbocycles. The highest BCUT2D eigenvalue weighted by Crippen LogP contribution is 2.21. The lowest BCUT2D eigenvalue weighted by atomic mass is 10.2. The minimum atomic E-state index is 0.480. The average Bonchev–Trinajstić information content (AvgIpc) is 3.05. The molecule has 0 fully saturated rings. The zero-order chi connectivity index (χ0) is 13.2. The van der Waals surface area contributed by atoms with E-state index >= 15 is 0 Å². The van der Waals surface area contributed by atoms with Gasteiger partial charge in [0.05, 0.1) is 22.9 Å². The summed E-state index contributed by atoms with van der Waals surface area (Å²) < 4.78 is 7.15. The molecule has 0 aliphatic rings. The van der Waals surface area contributed by atoms with Crippen molar-refractivity contribution in [1.29, 1.82) is 5.26 Å². The van der Waals surface area contributed by atoms with Crippen molar-refractivity contribution in [1.82, 2.24) is 9.55 Å². The molecule has 92 valence electrons. The van der Waals surface area contributed by atoms with E-state index < -0.39 is 0 Å². The number of hydrogen-bond donors (Lipinski definition) is 0. The first-order chi connectivity index (χ1) is 9.29. The van der Waals surface area contributed by atoms with Crippen molar-refractivity contribution in [3.05, 3.63) is 54.2 Å². The number of aromatic nitrogens is 2. The number of para-hydroxylation sites is 2. The fourth-order valence-corrected chi connectivity index (χ4v) is 2.05. The van der Waals surface area contributed by atoms with Crippen LogP contribution in [0.2, 0.25) is 0 Å². The summed E-state index contributed by atoms with van der Waals surface area (Å²) in [5.74, 6) is 1.28. The van der Waals surface area contributed by atoms with Crippen LogP contribution in [0.5, 0.6) is 0 Å². The minimum Gasteiger partial charge on any atom is -0.465 e. The highest BCUT2D eigenvalue weighted by molar-refractivity contribution is 5.90. The van der Waals surface area contributed by atoms with Gasteiger partial charge in [0, 0.05) is 13.1 Å². The van der Waals surface area contributed by atoms with E-state index in [-0.39, 0.29) is 0 Å². The fourth-order valence-electron chi connectivity index (χ4n) is 2.05. The van der Waals surface area contributed by atoms with Crippen molar-refractivity contribution in [3.63, 3.8) is 0 Å². The van der Waals surface area contributed by atoms with Gasteiger partial charge in [-0.2, -0.15) is 5.26 Å². The summed E-state index contributed by atoms with van der Waals surface area (Å²) in [5, 5.41) is 9.31. The Morgan fingerprint density at radius 2 is 2.16 bits per heavy atom. The summed E-state index contributed by atoms with van der Waals surface area (Å²) in [6.45, 7) is 0. The lowest BCUT2D eigenvalue weighted by Crippen LogP contribution is -1.95. The van der Waals surface area contributed by atoms with Gasteiger partial charge in [0.15, 0.2) is 5.82 Å². The average molecular weight is 249 g/mol. The third-order valence-corrected chi connectivity index (χ3v) is 2.98. The molecule has 19 heavy (non-hydrogen) atoms. The van der Waals surface area contributed by atoms with Crippen molar-refractivity contribution in [2.45, 2.75) is 0 Å². The quantitative estimate of drug-likeness (QED) is 0.655. The molecule has 0 unspecified atom stereocenters. The van der Waals surface area contributed by atoms with Crippen LogP contribution >= 0.6 is 0 Å². The predicted octanol–water partition coefficient (Wildman–Crippen LogP) is 3.23. The van der Waals surface area contributed by atoms with Gasteiger partial charge in [0.25, 0.3) is 0 Å². The van der Waals surface area contributed by atoms with E-state index in [9.17, 15) is 5.26 Å². The molecule has 0 atom stereocenters. The molecule has 0 aliphatic heterocycles. The molecule has 0 N–H and O–H groups in total. The molecular formula is C15H11N3O. The number of nitrogens with zero attached hydrogens (tertiary/aromatic N) is 3. The molecule has 3 aromatic rings. The summed E-state index contributed by atoms with van der Waals surface area (Å²) >= 11 is 0. The van der Waals surface area contributed by atoms with Gasteiger partial charge in [0.2, 0.25) is 0 Å². The van der Waals surface area contributed by atoms with Crippen LogP contribution in [0.1, 0.15) is 11.6 Å². The Morgan fingerprint density at radius 3 is 2.84 bits per heavy atom. The molecule has 3 rings (SSSR count). The number of imidazole rings is 1. The van der Waals surface area contributed by atoms with Gasteiger partial charge in [-0.3, -0.25) is 0 Å². The second-order valence-corrected chi connectivity index (χ2v) is 4.17. The Hall–Kier alpha value is -2.80. The number of allylic oxidation sites excluding steroid dienone is 1. The van der Waals surface area contributed by atoms with Gasteiger partial charge in [-0.15, -0.1) is 0 Å². The SMILES string of the molecule is Cn1c(/C(C#N)=C\c2ccco2)nc2ccccc21. The van der Waals surface area contributed by atoms with Crippen molar-refractivity contribution >= 4 is 22.7 Å². The van der Waals surface area contributed by atoms with Crippen molar-refractivity contribution in [3.8, 4) is 6.07 Å². The number of nitriles is 1. The van der Waals surface area contributed by atoms with Gasteiger partial charge in [-0.25, -0.2) is 4.98 Å². The maximum Gasteiger partial charge on any atom is 0.151 e. The largest absolute Gasteiger partial charge is 0.465 e. The zero-order valence-corrected chi connectivity index (χ0v) is 10.4. The van der Waals surface area contributed by atoms with E-state index in [1.807, 2.05) is 35.9 Å². The van der Waals surface area contributed by atoms with E-state index in [1.54, 1.807) is 24.5 Å². The zero-order valence-electron chi connectivity index (χ0n) is 10.4. The third kappa shape index (κ3) is 1.91. The maximum absolute atomic E-state index is 9.31. The summed E-state index contributed by atoms with van der Waals surface area (Å²) in [6, 6.07) is 13.6. The molecule has 0 radical (unpaired) electrons. The van der Waals surface area contributed by atoms with Crippen molar-refractivity contribution in [2.75, 3.05) is 0 Å². The van der Waals surface area contributed by atoms with Gasteiger partial charge in [-0.1, -0.05) is 12.1 Å². The second kappa shape index (κ2) is 4.46. The molecule has 4 heteroatoms. The molecule has 2 aromatic heterocycles. The number of hydrogen-bond acceptors (Lipinski definition) is 3. The van der Waals surface area contributed by atoms with Crippen LogP contribution in [0.3, 0.4) is 0 Å². The van der Waals surface area contributed by atoms with Crippen LogP contribution in [-0.2, 0) is 7.05 Å². The molecule has 1 aromatic carbocycles. The van der Waals surface area contributed by atoms with Crippen LogP contribution in [0, 0.1) is 11.3 Å². The summed E-state index contributed by atoms with van der Waals surface area (Å²) in [7, 11) is 1.90. The molecule has 0 spiro atoms. The normalized spacial score (nSPS) is 11.7. The van der Waals surface area contributed by atoms with Crippen LogP contribution in [-0.4, -0.2) is 9.55 Å². The number of aryl methyl sites for hydroxylation is 1. The smallest absolute Gasteiger partial charge is 0.151 e. The first kappa shape index (κ1) is 11.3. The van der Waals surface area contributed by atoms with E-state index in [0.29, 0.717) is 17.2 Å². The minimum absolute atomic E-state index is 0.480. The summed E-state index contributed by atoms with van der Waals surface area (Å²) in [5.41, 5.74) is 2.35. The Morgan fingerprint density at radius 1 is 1.32 bits per heavy atom. The van der Waals surface area contributed by atoms with E-state index in [1.165, 1.54) is 0 Å². The number of rotatable bonds is 2. The highest BCUT2D eigenvalue weighted by atomic mass is 16.3. The first-order valence-corrected chi connectivity index (χ1v) is 5.87. The first-order valence-electron chi connectivity index (χ1n) is 5.87. The lowest BCUT2D eigenvalue weighted by Gasteiger charge is -1.99. The van der Waals surface area contributed by atoms with Crippen LogP contribution in [0.15, 0.2) is 47.1 Å². The predicted molar refractivity (Wildman–Crippen MR) is 72.9 cm³/mol. The van der Waals surface area contributed by atoms with Gasteiger partial charge < -0.3 is 8.98 Å². The number of fused-ring (bicyclic) bond motifs is 1. The monoisotopic (exact) mass is 249 g/mol. The van der Waals surface area contributed by atoms with Crippen molar-refractivity contribution < 1.29 is 4.42 Å². The summed E-state index contributed by atoms with van der Waals surface area (Å²) in [6.07, 6.45) is 3.27. The van der Waals surface area contributed by atoms with Crippen LogP contribution < -0.4 is 0 Å². The van der Waals surface area contributed by atoms with Gasteiger partial charge >= 0.3 is 0 Å². The maximum atomic E-state index is 9.31. The third-order valence-electron chi connectivity index (χ3n) is 2.98. The Balaban J connectivity index is 2.18. The molecule has 0 bridgehead atoms. The standard InChI is InChI=1S/C15H11N3O/c1-18-14-7-3-2-6-13(14)17-15(18)11(10-16)9-12-5-4-8-19-12/h2-9H,1H3/b11-9-. The highest BCUT2D eigenvalue weighted by Gasteiger charge is 2.12. The van der Waals surface area contributed by atoms with Gasteiger partial charge in [0.1, 0.15) is 11.8 Å². The molecular weight excluding hydrogens is 238 g/mol. The van der Waals surface area contributed by atoms with Crippen LogP contribution in [0.4, 0.5) is 0 Å². The Kier molecular flexibility index (Phi) is 2.66. The Labute approximate surface area is 110 Å². The van der Waals surface area contributed by atoms with Gasteiger partial charge in [-0.05, 0) is 24.3 Å². The fraction of sp³-hybridized carbons (Fsp3) is 0.0667. The Bertz CT molecular complexity index is 789. The molecule has 0 saturated heterocycles. The topological polar surface area (TPSA) is 54.8 Å². The van der Waals surface area contributed by atoms with E-state index in [4.69, 9.17) is 4.42 Å². The molecule has 4 nitrogen and oxygen atoms in total. The van der Waals surface area contributed by atoms with E-state index in [2.05, 4.69) is 11.1 Å². The molecule has 0 amide bonds. The lowest BCUT2D eigenvalue weighted by molar-refractivity contribution is 0.557.